The van der Waals surface area contributed by atoms with Gasteiger partial charge in [0, 0.05) is 0 Å². The van der Waals surface area contributed by atoms with Crippen molar-refractivity contribution in [1.82, 2.24) is 5.01 Å². The number of halogens is 1. The third-order valence-corrected chi connectivity index (χ3v) is 6.56. The second kappa shape index (κ2) is 10.4. The van der Waals surface area contributed by atoms with E-state index in [2.05, 4.69) is 32.7 Å². The first-order chi connectivity index (χ1) is 16.0. The Labute approximate surface area is 209 Å². The minimum absolute atomic E-state index is 0.00770. The number of hydrogen-bond donors (Lipinski definition) is 1. The Balaban J connectivity index is 1.50. The molecule has 4 rings (SSSR count). The first-order valence-corrected chi connectivity index (χ1v) is 12.1. The van der Waals surface area contributed by atoms with Crippen molar-refractivity contribution < 1.29 is 19.0 Å². The predicted molar refractivity (Wildman–Crippen MR) is 138 cm³/mol. The van der Waals surface area contributed by atoms with Crippen LogP contribution in [-0.2, 0) is 4.79 Å². The van der Waals surface area contributed by atoms with Gasteiger partial charge in [0.2, 0.25) is 5.17 Å². The molecule has 0 atom stereocenters. The minimum Gasteiger partial charge on any atom is -0.493 e. The number of thioether (sulfide) groups is 1. The molecule has 170 valence electrons. The van der Waals surface area contributed by atoms with Gasteiger partial charge in [0.15, 0.2) is 17.3 Å². The molecule has 2 aliphatic heterocycles. The van der Waals surface area contributed by atoms with E-state index in [1.54, 1.807) is 19.3 Å². The lowest BCUT2D eigenvalue weighted by atomic mass is 10.1. The molecule has 2 aromatic carbocycles. The number of fused-ring (bicyclic) bond motifs is 1. The van der Waals surface area contributed by atoms with Crippen molar-refractivity contribution in [2.24, 2.45) is 10.1 Å². The van der Waals surface area contributed by atoms with Crippen LogP contribution in [0, 0.1) is 8.98 Å². The molecule has 0 radical (unpaired) electrons. The van der Waals surface area contributed by atoms with Gasteiger partial charge in [-0.3, -0.25) is 10.2 Å². The highest BCUT2D eigenvalue weighted by Gasteiger charge is 2.35. The van der Waals surface area contributed by atoms with Crippen molar-refractivity contribution in [2.45, 2.75) is 13.3 Å². The normalized spacial score (nSPS) is 16.5. The number of rotatable bonds is 8. The number of nitrogens with one attached hydrogen (secondary N) is 1. The van der Waals surface area contributed by atoms with Crippen LogP contribution in [0.2, 0.25) is 0 Å². The van der Waals surface area contributed by atoms with Crippen LogP contribution in [0.4, 0.5) is 0 Å². The lowest BCUT2D eigenvalue weighted by Crippen LogP contribution is -2.35. The van der Waals surface area contributed by atoms with Crippen LogP contribution in [0.1, 0.15) is 18.9 Å². The number of carbonyl (C=O) groups excluding carboxylic acids is 1. The Morgan fingerprint density at radius 2 is 1.94 bits per heavy atom. The van der Waals surface area contributed by atoms with Crippen molar-refractivity contribution in [3.8, 4) is 17.2 Å². The number of nitrogens with zero attached hydrogens (tertiary/aromatic N) is 3. The average molecular weight is 576 g/mol. The van der Waals surface area contributed by atoms with Gasteiger partial charge in [0.1, 0.15) is 24.0 Å². The third kappa shape index (κ3) is 5.22. The molecule has 0 aromatic heterocycles. The summed E-state index contributed by atoms with van der Waals surface area (Å²) in [6.07, 6.45) is 2.34. The molecular formula is C23H21IN4O4S. The topological polar surface area (TPSA) is 96.6 Å². The second-order valence-corrected chi connectivity index (χ2v) is 9.11. The van der Waals surface area contributed by atoms with E-state index in [4.69, 9.17) is 19.6 Å². The fourth-order valence-corrected chi connectivity index (χ4v) is 4.73. The maximum Gasteiger partial charge on any atom is 0.283 e. The van der Waals surface area contributed by atoms with Crippen molar-refractivity contribution >= 4 is 62.4 Å². The number of benzene rings is 2. The number of hydrazone groups is 1. The standard InChI is InChI=1S/C23H21IN4O4S/c1-3-19-27-28-21(25)16(22(29)26-23(28)33-19)11-14-12-17(24)20(18(13-14)30-2)32-10-9-31-15-7-5-4-6-8-15/h4-8,11-13,25H,3,9-10H2,1-2H3. The molecule has 1 amide bonds. The van der Waals surface area contributed by atoms with Crippen molar-refractivity contribution in [1.29, 1.82) is 5.41 Å². The van der Waals surface area contributed by atoms with E-state index in [0.717, 1.165) is 14.4 Å². The third-order valence-electron chi connectivity index (χ3n) is 4.70. The van der Waals surface area contributed by atoms with E-state index in [0.29, 0.717) is 41.9 Å². The van der Waals surface area contributed by atoms with Crippen LogP contribution in [0.15, 0.2) is 58.1 Å². The van der Waals surface area contributed by atoms with Crippen LogP contribution in [0.3, 0.4) is 0 Å². The zero-order chi connectivity index (χ0) is 23.4. The van der Waals surface area contributed by atoms with Gasteiger partial charge in [-0.1, -0.05) is 25.1 Å². The molecule has 0 fully saturated rings. The monoisotopic (exact) mass is 576 g/mol. The summed E-state index contributed by atoms with van der Waals surface area (Å²) >= 11 is 3.48. The zero-order valence-electron chi connectivity index (χ0n) is 18.0. The molecule has 0 unspecified atom stereocenters. The van der Waals surface area contributed by atoms with Crippen LogP contribution in [0.25, 0.3) is 6.08 Å². The summed E-state index contributed by atoms with van der Waals surface area (Å²) in [4.78, 5) is 16.7. The summed E-state index contributed by atoms with van der Waals surface area (Å²) in [5, 5.41) is 15.5. The zero-order valence-corrected chi connectivity index (χ0v) is 21.0. The van der Waals surface area contributed by atoms with E-state index < -0.39 is 5.91 Å². The largest absolute Gasteiger partial charge is 0.493 e. The molecule has 0 saturated heterocycles. The van der Waals surface area contributed by atoms with E-state index in [9.17, 15) is 4.79 Å². The summed E-state index contributed by atoms with van der Waals surface area (Å²) in [6.45, 7) is 2.69. The number of aliphatic imine (C=N–C) groups is 1. The van der Waals surface area contributed by atoms with Gasteiger partial charge >= 0.3 is 0 Å². The molecule has 8 nitrogen and oxygen atoms in total. The quantitative estimate of drug-likeness (QED) is 0.276. The number of amidine groups is 2. The molecule has 0 spiro atoms. The SMILES string of the molecule is CCC1=NN2C(=N)C(=Cc3cc(I)c(OCCOc4ccccc4)c(OC)c3)C(=O)N=C2S1. The number of ether oxygens (including phenoxy) is 3. The Kier molecular flexibility index (Phi) is 7.33. The number of para-hydroxylation sites is 1. The first kappa shape index (κ1) is 23.3. The predicted octanol–water partition coefficient (Wildman–Crippen LogP) is 4.79. The lowest BCUT2D eigenvalue weighted by Gasteiger charge is -2.20. The fraction of sp³-hybridized carbons (Fsp3) is 0.217. The highest BCUT2D eigenvalue weighted by molar-refractivity contribution is 14.1. The summed E-state index contributed by atoms with van der Waals surface area (Å²) in [5.41, 5.74) is 0.866. The van der Waals surface area contributed by atoms with Gasteiger partial charge in [-0.05, 0) is 76.7 Å². The average Bonchev–Trinajstić information content (AvgIpc) is 3.24. The Hall–Kier alpha value is -2.86. The van der Waals surface area contributed by atoms with Crippen molar-refractivity contribution in [3.63, 3.8) is 0 Å². The summed E-state index contributed by atoms with van der Waals surface area (Å²) in [5.74, 6) is 1.44. The molecule has 2 aromatic rings. The van der Waals surface area contributed by atoms with Crippen LogP contribution < -0.4 is 14.2 Å². The molecule has 2 aliphatic rings. The van der Waals surface area contributed by atoms with E-state index in [1.165, 1.54) is 16.8 Å². The van der Waals surface area contributed by atoms with Crippen LogP contribution in [-0.4, -0.2) is 47.3 Å². The van der Waals surface area contributed by atoms with Gasteiger partial charge in [0.25, 0.3) is 5.91 Å². The Morgan fingerprint density at radius 3 is 2.67 bits per heavy atom. The molecule has 0 saturated carbocycles. The second-order valence-electron chi connectivity index (χ2n) is 6.91. The van der Waals surface area contributed by atoms with E-state index >= 15 is 0 Å². The molecule has 1 N–H and O–H groups in total. The first-order valence-electron chi connectivity index (χ1n) is 10.2. The van der Waals surface area contributed by atoms with Crippen molar-refractivity contribution in [3.05, 3.63) is 57.2 Å². The molecular weight excluding hydrogens is 555 g/mol. The summed E-state index contributed by atoms with van der Waals surface area (Å²) in [7, 11) is 1.56. The summed E-state index contributed by atoms with van der Waals surface area (Å²) in [6, 6.07) is 13.2. The van der Waals surface area contributed by atoms with Gasteiger partial charge in [-0.15, -0.1) is 0 Å². The number of carbonyl (C=O) groups is 1. The summed E-state index contributed by atoms with van der Waals surface area (Å²) < 4.78 is 17.9. The fourth-order valence-electron chi connectivity index (χ4n) is 3.12. The smallest absolute Gasteiger partial charge is 0.283 e. The van der Waals surface area contributed by atoms with Gasteiger partial charge in [0.05, 0.1) is 16.3 Å². The van der Waals surface area contributed by atoms with Gasteiger partial charge < -0.3 is 14.2 Å². The van der Waals surface area contributed by atoms with Gasteiger partial charge in [-0.25, -0.2) is 0 Å². The minimum atomic E-state index is -0.460. The number of amides is 1. The highest BCUT2D eigenvalue weighted by Crippen LogP contribution is 2.35. The number of hydrogen-bond acceptors (Lipinski definition) is 7. The lowest BCUT2D eigenvalue weighted by molar-refractivity contribution is -0.114. The van der Waals surface area contributed by atoms with E-state index in [1.807, 2.05) is 43.3 Å². The highest BCUT2D eigenvalue weighted by atomic mass is 127. The van der Waals surface area contributed by atoms with Crippen LogP contribution >= 0.6 is 34.4 Å². The maximum atomic E-state index is 12.6. The maximum absolute atomic E-state index is 12.6. The molecule has 10 heteroatoms. The number of methoxy groups -OCH3 is 1. The molecule has 0 bridgehead atoms. The Bertz CT molecular complexity index is 1180. The van der Waals surface area contributed by atoms with Crippen LogP contribution in [0.5, 0.6) is 17.2 Å². The molecule has 0 aliphatic carbocycles. The van der Waals surface area contributed by atoms with Crippen molar-refractivity contribution in [2.75, 3.05) is 20.3 Å². The van der Waals surface area contributed by atoms with E-state index in [-0.39, 0.29) is 11.4 Å². The molecule has 33 heavy (non-hydrogen) atoms. The van der Waals surface area contributed by atoms with Gasteiger partial charge in [-0.2, -0.15) is 15.1 Å². The Morgan fingerprint density at radius 1 is 1.18 bits per heavy atom. The molecule has 2 heterocycles.